The zero-order chi connectivity index (χ0) is 17.6. The van der Waals surface area contributed by atoms with Crippen LogP contribution in [0, 0.1) is 31.1 Å². The highest BCUT2D eigenvalue weighted by molar-refractivity contribution is 5.34. The third kappa shape index (κ3) is 4.80. The van der Waals surface area contributed by atoms with Crippen molar-refractivity contribution >= 4 is 0 Å². The van der Waals surface area contributed by atoms with Gasteiger partial charge in [0.05, 0.1) is 11.6 Å². The van der Waals surface area contributed by atoms with Gasteiger partial charge in [0.15, 0.2) is 0 Å². The van der Waals surface area contributed by atoms with Crippen molar-refractivity contribution < 1.29 is 4.74 Å². The van der Waals surface area contributed by atoms with E-state index in [9.17, 15) is 0 Å². The maximum absolute atomic E-state index is 8.82. The van der Waals surface area contributed by atoms with Gasteiger partial charge in [0, 0.05) is 19.6 Å². The molecule has 0 N–H and O–H groups in total. The summed E-state index contributed by atoms with van der Waals surface area (Å²) in [7, 11) is 0. The number of hydrogen-bond acceptors (Lipinski definition) is 5. The third-order valence-corrected chi connectivity index (χ3v) is 4.66. The maximum Gasteiger partial charge on any atom is 0.147 e. The van der Waals surface area contributed by atoms with Gasteiger partial charge < -0.3 is 4.74 Å². The Labute approximate surface area is 149 Å². The molecule has 2 aromatic rings. The predicted octanol–water partition coefficient (Wildman–Crippen LogP) is 2.56. The minimum absolute atomic E-state index is 0.614. The van der Waals surface area contributed by atoms with E-state index in [0.717, 1.165) is 43.6 Å². The van der Waals surface area contributed by atoms with E-state index in [2.05, 4.69) is 21.1 Å². The summed E-state index contributed by atoms with van der Waals surface area (Å²) in [5, 5.41) is 13.3. The van der Waals surface area contributed by atoms with Gasteiger partial charge >= 0.3 is 0 Å². The molecule has 0 saturated carbocycles. The second-order valence-corrected chi connectivity index (χ2v) is 6.68. The van der Waals surface area contributed by atoms with Crippen molar-refractivity contribution in [3.63, 3.8) is 0 Å². The Morgan fingerprint density at radius 3 is 2.76 bits per heavy atom. The SMILES string of the molecule is Cc1nc(C)n(C[C@H]2CCCN(CCOc3ccc(C#N)cc3)C2)n1. The highest BCUT2D eigenvalue weighted by atomic mass is 16.5. The fraction of sp³-hybridized carbons (Fsp3) is 0.526. The smallest absolute Gasteiger partial charge is 0.147 e. The summed E-state index contributed by atoms with van der Waals surface area (Å²) in [6, 6.07) is 9.40. The minimum atomic E-state index is 0.614. The summed E-state index contributed by atoms with van der Waals surface area (Å²) in [6.45, 7) is 8.70. The lowest BCUT2D eigenvalue weighted by molar-refractivity contribution is 0.136. The van der Waals surface area contributed by atoms with Crippen molar-refractivity contribution in [1.82, 2.24) is 19.7 Å². The van der Waals surface area contributed by atoms with Crippen LogP contribution in [0.5, 0.6) is 5.75 Å². The van der Waals surface area contributed by atoms with Crippen LogP contribution in [-0.4, -0.2) is 45.9 Å². The highest BCUT2D eigenvalue weighted by Gasteiger charge is 2.21. The Bertz CT molecular complexity index is 731. The molecule has 1 atom stereocenters. The van der Waals surface area contributed by atoms with Crippen LogP contribution in [0.2, 0.25) is 0 Å². The number of hydrogen-bond donors (Lipinski definition) is 0. The summed E-state index contributed by atoms with van der Waals surface area (Å²) in [6.07, 6.45) is 2.46. The normalized spacial score (nSPS) is 18.0. The summed E-state index contributed by atoms with van der Waals surface area (Å²) in [5.41, 5.74) is 0.657. The molecule has 1 aromatic carbocycles. The standard InChI is InChI=1S/C19H25N5O/c1-15-21-16(2)24(22-15)14-18-4-3-9-23(13-18)10-11-25-19-7-5-17(12-20)6-8-19/h5-8,18H,3-4,9-11,13-14H2,1-2H3/t18-/m0/s1. The van der Waals surface area contributed by atoms with E-state index in [4.69, 9.17) is 10.00 Å². The van der Waals surface area contributed by atoms with Crippen LogP contribution in [0.4, 0.5) is 0 Å². The Morgan fingerprint density at radius 2 is 2.08 bits per heavy atom. The second kappa shape index (κ2) is 8.13. The van der Waals surface area contributed by atoms with Crippen molar-refractivity contribution in [3.8, 4) is 11.8 Å². The van der Waals surface area contributed by atoms with Crippen LogP contribution in [0.1, 0.15) is 30.1 Å². The number of nitriles is 1. The Balaban J connectivity index is 1.45. The zero-order valence-corrected chi connectivity index (χ0v) is 15.0. The zero-order valence-electron chi connectivity index (χ0n) is 15.0. The molecule has 1 aliphatic heterocycles. The lowest BCUT2D eigenvalue weighted by Gasteiger charge is -2.32. The molecule has 0 spiro atoms. The van der Waals surface area contributed by atoms with E-state index in [1.807, 2.05) is 30.7 Å². The molecule has 3 rings (SSSR count). The first-order valence-electron chi connectivity index (χ1n) is 8.87. The predicted molar refractivity (Wildman–Crippen MR) is 95.3 cm³/mol. The number of ether oxygens (including phenoxy) is 1. The van der Waals surface area contributed by atoms with E-state index >= 15 is 0 Å². The van der Waals surface area contributed by atoms with Crippen LogP contribution in [0.3, 0.4) is 0 Å². The van der Waals surface area contributed by atoms with Crippen LogP contribution in [-0.2, 0) is 6.54 Å². The lowest BCUT2D eigenvalue weighted by Crippen LogP contribution is -2.39. The number of aryl methyl sites for hydroxylation is 2. The Morgan fingerprint density at radius 1 is 1.28 bits per heavy atom. The van der Waals surface area contributed by atoms with E-state index in [1.54, 1.807) is 12.1 Å². The first-order chi connectivity index (χ1) is 12.1. The molecule has 6 heteroatoms. The molecule has 1 aromatic heterocycles. The highest BCUT2D eigenvalue weighted by Crippen LogP contribution is 2.19. The minimum Gasteiger partial charge on any atom is -0.492 e. The fourth-order valence-corrected chi connectivity index (χ4v) is 3.40. The molecule has 6 nitrogen and oxygen atoms in total. The number of benzene rings is 1. The molecule has 25 heavy (non-hydrogen) atoms. The quantitative estimate of drug-likeness (QED) is 0.809. The van der Waals surface area contributed by atoms with Gasteiger partial charge in [-0.05, 0) is 63.4 Å². The molecule has 132 valence electrons. The number of aromatic nitrogens is 3. The average Bonchev–Trinajstić information content (AvgIpc) is 2.93. The molecule has 2 heterocycles. The van der Waals surface area contributed by atoms with Gasteiger partial charge in [-0.25, -0.2) is 9.67 Å². The van der Waals surface area contributed by atoms with Crippen molar-refractivity contribution in [1.29, 1.82) is 5.26 Å². The van der Waals surface area contributed by atoms with E-state index in [0.29, 0.717) is 18.1 Å². The second-order valence-electron chi connectivity index (χ2n) is 6.68. The van der Waals surface area contributed by atoms with Crippen LogP contribution >= 0.6 is 0 Å². The molecular weight excluding hydrogens is 314 g/mol. The molecule has 1 saturated heterocycles. The molecule has 0 amide bonds. The summed E-state index contributed by atoms with van der Waals surface area (Å²) < 4.78 is 7.84. The molecular formula is C19H25N5O. The first-order valence-corrected chi connectivity index (χ1v) is 8.87. The molecule has 0 aliphatic carbocycles. The van der Waals surface area contributed by atoms with Crippen LogP contribution in [0.25, 0.3) is 0 Å². The molecule has 0 unspecified atom stereocenters. The maximum atomic E-state index is 8.82. The fourth-order valence-electron chi connectivity index (χ4n) is 3.40. The van der Waals surface area contributed by atoms with Gasteiger partial charge in [-0.15, -0.1) is 0 Å². The van der Waals surface area contributed by atoms with Gasteiger partial charge in [-0.1, -0.05) is 0 Å². The average molecular weight is 339 g/mol. The Kier molecular flexibility index (Phi) is 5.67. The molecule has 0 bridgehead atoms. The Hall–Kier alpha value is -2.39. The number of piperidine rings is 1. The van der Waals surface area contributed by atoms with Crippen molar-refractivity contribution in [3.05, 3.63) is 41.5 Å². The van der Waals surface area contributed by atoms with Crippen molar-refractivity contribution in [2.45, 2.75) is 33.2 Å². The van der Waals surface area contributed by atoms with Crippen molar-refractivity contribution in [2.24, 2.45) is 5.92 Å². The van der Waals surface area contributed by atoms with E-state index in [-0.39, 0.29) is 0 Å². The van der Waals surface area contributed by atoms with Gasteiger partial charge in [0.1, 0.15) is 24.0 Å². The number of likely N-dealkylation sites (tertiary alicyclic amines) is 1. The number of rotatable bonds is 6. The van der Waals surface area contributed by atoms with Crippen molar-refractivity contribution in [2.75, 3.05) is 26.2 Å². The first kappa shape index (κ1) is 17.4. The molecule has 1 aliphatic rings. The van der Waals surface area contributed by atoms with E-state index in [1.165, 1.54) is 12.8 Å². The van der Waals surface area contributed by atoms with Crippen LogP contribution < -0.4 is 4.74 Å². The van der Waals surface area contributed by atoms with Crippen LogP contribution in [0.15, 0.2) is 24.3 Å². The summed E-state index contributed by atoms with van der Waals surface area (Å²) in [4.78, 5) is 6.86. The van der Waals surface area contributed by atoms with Gasteiger partial charge in [0.2, 0.25) is 0 Å². The topological polar surface area (TPSA) is 67.0 Å². The summed E-state index contributed by atoms with van der Waals surface area (Å²) >= 11 is 0. The number of nitrogens with zero attached hydrogens (tertiary/aromatic N) is 5. The third-order valence-electron chi connectivity index (χ3n) is 4.66. The van der Waals surface area contributed by atoms with Gasteiger partial charge in [-0.3, -0.25) is 4.90 Å². The van der Waals surface area contributed by atoms with Gasteiger partial charge in [-0.2, -0.15) is 10.4 Å². The summed E-state index contributed by atoms with van der Waals surface area (Å²) in [5.74, 6) is 3.28. The van der Waals surface area contributed by atoms with E-state index < -0.39 is 0 Å². The monoisotopic (exact) mass is 339 g/mol. The molecule has 0 radical (unpaired) electrons. The van der Waals surface area contributed by atoms with Gasteiger partial charge in [0.25, 0.3) is 0 Å². The largest absolute Gasteiger partial charge is 0.492 e. The molecule has 1 fully saturated rings. The lowest BCUT2D eigenvalue weighted by atomic mass is 9.98.